The largest absolute Gasteiger partial charge is 0.496 e. The minimum atomic E-state index is -1.85. The molecule has 0 aliphatic heterocycles. The van der Waals surface area contributed by atoms with Crippen molar-refractivity contribution in [1.29, 1.82) is 0 Å². The third-order valence-electron chi connectivity index (χ3n) is 11.3. The van der Waals surface area contributed by atoms with Gasteiger partial charge in [0, 0.05) is 50.6 Å². The highest BCUT2D eigenvalue weighted by Crippen LogP contribution is 2.41. The Morgan fingerprint density at radius 3 is 2.17 bits per heavy atom. The molecule has 2 heterocycles. The predicted octanol–water partition coefficient (Wildman–Crippen LogP) is 9.41. The average molecular weight is 671 g/mol. The molecule has 2 aliphatic rings. The second kappa shape index (κ2) is 15.1. The normalized spacial score (nSPS) is 21.9. The van der Waals surface area contributed by atoms with Crippen molar-refractivity contribution < 1.29 is 14.0 Å². The minimum Gasteiger partial charge on any atom is -0.496 e. The molecule has 0 bridgehead atoms. The summed E-state index contributed by atoms with van der Waals surface area (Å²) in [5.74, 6) is 3.81. The van der Waals surface area contributed by atoms with Crippen molar-refractivity contribution in [2.75, 3.05) is 37.5 Å². The van der Waals surface area contributed by atoms with Crippen LogP contribution in [0.5, 0.6) is 5.75 Å². The Morgan fingerprint density at radius 2 is 1.58 bits per heavy atom. The Kier molecular flexibility index (Phi) is 11.4. The van der Waals surface area contributed by atoms with Gasteiger partial charge in [0.1, 0.15) is 17.4 Å². The number of rotatable bonds is 10. The van der Waals surface area contributed by atoms with Gasteiger partial charge in [0.05, 0.1) is 7.11 Å². The molecule has 0 atom stereocenters. The Hall–Kier alpha value is -3.23. The number of hydrogen-bond acceptors (Lipinski definition) is 6. The zero-order valence-electron chi connectivity index (χ0n) is 30.9. The van der Waals surface area contributed by atoms with Gasteiger partial charge in [0.25, 0.3) is 0 Å². The van der Waals surface area contributed by atoms with Crippen LogP contribution in [-0.2, 0) is 9.22 Å². The number of carbonyl (C=O) groups excluding carboxylic acids is 1. The molecular weight excluding hydrogens is 613 g/mol. The summed E-state index contributed by atoms with van der Waals surface area (Å²) in [5.41, 5.74) is 4.64. The molecule has 2 aliphatic carbocycles. The van der Waals surface area contributed by atoms with E-state index in [1.165, 1.54) is 11.1 Å². The maximum atomic E-state index is 14.5. The second-order valence-corrected chi connectivity index (χ2v) is 20.7. The van der Waals surface area contributed by atoms with E-state index in [1.54, 1.807) is 7.11 Å². The Bertz CT molecular complexity index is 1520. The number of ether oxygens (including phenoxy) is 1. The first kappa shape index (κ1) is 36.1. The van der Waals surface area contributed by atoms with Crippen molar-refractivity contribution in [3.63, 3.8) is 0 Å². The molecule has 0 unspecified atom stereocenters. The van der Waals surface area contributed by atoms with Crippen molar-refractivity contribution >= 4 is 25.9 Å². The third-order valence-corrected chi connectivity index (χ3v) is 15.8. The van der Waals surface area contributed by atoms with Crippen LogP contribution < -0.4 is 14.5 Å². The summed E-state index contributed by atoms with van der Waals surface area (Å²) in [4.78, 5) is 28.0. The van der Waals surface area contributed by atoms with E-state index in [2.05, 4.69) is 76.1 Å². The Morgan fingerprint density at radius 1 is 0.875 bits per heavy atom. The van der Waals surface area contributed by atoms with Crippen LogP contribution in [0.25, 0.3) is 11.1 Å². The number of anilines is 2. The summed E-state index contributed by atoms with van der Waals surface area (Å²) in [6.07, 6.45) is 12.1. The van der Waals surface area contributed by atoms with Gasteiger partial charge in [-0.25, -0.2) is 9.97 Å². The van der Waals surface area contributed by atoms with Crippen molar-refractivity contribution in [3.05, 3.63) is 66.0 Å². The number of hydrogen-bond donors (Lipinski definition) is 0. The minimum absolute atomic E-state index is 0.00521. The fraction of sp³-hybridized carbons (Fsp3) is 0.575. The molecule has 7 nitrogen and oxygen atoms in total. The number of pyridine rings is 2. The van der Waals surface area contributed by atoms with Gasteiger partial charge < -0.3 is 14.1 Å². The molecule has 48 heavy (non-hydrogen) atoms. The summed E-state index contributed by atoms with van der Waals surface area (Å²) in [5, 5.41) is 0.181. The van der Waals surface area contributed by atoms with Crippen LogP contribution >= 0.6 is 0 Å². The maximum Gasteiger partial charge on any atom is 0.231 e. The predicted molar refractivity (Wildman–Crippen MR) is 201 cm³/mol. The zero-order chi connectivity index (χ0) is 34.6. The van der Waals surface area contributed by atoms with Crippen LogP contribution in [0.1, 0.15) is 89.2 Å². The van der Waals surface area contributed by atoms with E-state index in [0.717, 1.165) is 79.9 Å². The molecule has 2 aromatic heterocycles. The Balaban J connectivity index is 1.32. The van der Waals surface area contributed by atoms with Crippen LogP contribution in [0.2, 0.25) is 18.1 Å². The number of aryl methyl sites for hydroxylation is 1. The first-order valence-corrected chi connectivity index (χ1v) is 20.9. The molecule has 260 valence electrons. The molecule has 0 saturated heterocycles. The van der Waals surface area contributed by atoms with Gasteiger partial charge in [0.2, 0.25) is 5.91 Å². The molecule has 0 spiro atoms. The van der Waals surface area contributed by atoms with Crippen molar-refractivity contribution in [2.24, 2.45) is 11.8 Å². The summed E-state index contributed by atoms with van der Waals surface area (Å²) >= 11 is 0. The third kappa shape index (κ3) is 8.49. The Labute approximate surface area is 290 Å². The number of methoxy groups -OCH3 is 1. The summed E-state index contributed by atoms with van der Waals surface area (Å²) in [6.45, 7) is 14.4. The van der Waals surface area contributed by atoms with E-state index in [4.69, 9.17) is 14.1 Å². The summed E-state index contributed by atoms with van der Waals surface area (Å²) < 4.78 is 12.3. The first-order valence-electron chi connectivity index (χ1n) is 18.0. The number of aromatic nitrogens is 2. The molecule has 2 fully saturated rings. The van der Waals surface area contributed by atoms with Gasteiger partial charge in [-0.3, -0.25) is 9.69 Å². The molecular formula is C40H58N4O3Si. The molecule has 3 aromatic rings. The van der Waals surface area contributed by atoms with Crippen molar-refractivity contribution in [1.82, 2.24) is 9.97 Å². The first-order chi connectivity index (χ1) is 22.8. The monoisotopic (exact) mass is 670 g/mol. The van der Waals surface area contributed by atoms with E-state index < -0.39 is 8.32 Å². The van der Waals surface area contributed by atoms with E-state index in [1.807, 2.05) is 48.4 Å². The fourth-order valence-corrected chi connectivity index (χ4v) is 8.62. The lowest BCUT2D eigenvalue weighted by molar-refractivity contribution is -0.124. The molecule has 8 heteroatoms. The molecule has 0 N–H and O–H groups in total. The number of carbonyl (C=O) groups is 1. The number of nitrogens with zero attached hydrogens (tertiary/aromatic N) is 4. The highest BCUT2D eigenvalue weighted by molar-refractivity contribution is 6.74. The van der Waals surface area contributed by atoms with Crippen LogP contribution in [0, 0.1) is 18.8 Å². The van der Waals surface area contributed by atoms with Gasteiger partial charge in [-0.1, -0.05) is 32.9 Å². The fourth-order valence-electron chi connectivity index (χ4n) is 7.20. The van der Waals surface area contributed by atoms with E-state index >= 15 is 0 Å². The van der Waals surface area contributed by atoms with E-state index in [-0.39, 0.29) is 23.0 Å². The van der Waals surface area contributed by atoms with Gasteiger partial charge in [-0.2, -0.15) is 0 Å². The maximum absolute atomic E-state index is 14.5. The van der Waals surface area contributed by atoms with Crippen LogP contribution in [0.15, 0.2) is 54.9 Å². The standard InChI is InChI=1S/C40H58N4O3Si/c1-28-24-32(16-20-36(28)46-7)30-12-10-29(11-13-30)27-44(38-25-33(22-23-41-38)34-17-21-37(42-26-34)43(5)6)39(45)31-14-18-35(19-15-31)47-48(8,9)40(2,3)4/h16-17,20-26,29-31,35H,10-15,18-19,27H2,1-9H3. The topological polar surface area (TPSA) is 67.8 Å². The molecule has 0 radical (unpaired) electrons. The summed E-state index contributed by atoms with van der Waals surface area (Å²) in [6, 6.07) is 14.9. The lowest BCUT2D eigenvalue weighted by atomic mass is 9.78. The van der Waals surface area contributed by atoms with Gasteiger partial charge >= 0.3 is 0 Å². The molecule has 1 amide bonds. The second-order valence-electron chi connectivity index (χ2n) is 15.9. The van der Waals surface area contributed by atoms with Gasteiger partial charge in [0.15, 0.2) is 8.32 Å². The summed E-state index contributed by atoms with van der Waals surface area (Å²) in [7, 11) is 3.87. The van der Waals surface area contributed by atoms with Gasteiger partial charge in [-0.05, 0) is 135 Å². The zero-order valence-corrected chi connectivity index (χ0v) is 31.9. The molecule has 1 aromatic carbocycles. The smallest absolute Gasteiger partial charge is 0.231 e. The quantitative estimate of drug-likeness (QED) is 0.200. The SMILES string of the molecule is COc1ccc(C2CCC(CN(C(=O)C3CCC(O[Si](C)(C)C(C)(C)C)CC3)c3cc(-c4ccc(N(C)C)nc4)ccn3)CC2)cc1C. The van der Waals surface area contributed by atoms with Crippen molar-refractivity contribution in [3.8, 4) is 16.9 Å². The van der Waals surface area contributed by atoms with E-state index in [0.29, 0.717) is 18.4 Å². The van der Waals surface area contributed by atoms with Crippen LogP contribution in [0.3, 0.4) is 0 Å². The lowest BCUT2D eigenvalue weighted by Gasteiger charge is -2.41. The lowest BCUT2D eigenvalue weighted by Crippen LogP contribution is -2.46. The number of amides is 1. The molecule has 5 rings (SSSR count). The highest BCUT2D eigenvalue weighted by atomic mass is 28.4. The average Bonchev–Trinajstić information content (AvgIpc) is 3.07. The van der Waals surface area contributed by atoms with Crippen molar-refractivity contribution in [2.45, 2.75) is 109 Å². The van der Waals surface area contributed by atoms with Crippen LogP contribution in [-0.4, -0.2) is 58.0 Å². The molecule has 2 saturated carbocycles. The highest BCUT2D eigenvalue weighted by Gasteiger charge is 2.41. The van der Waals surface area contributed by atoms with Crippen LogP contribution in [0.4, 0.5) is 11.6 Å². The number of benzene rings is 1. The van der Waals surface area contributed by atoms with Gasteiger partial charge in [-0.15, -0.1) is 0 Å². The van der Waals surface area contributed by atoms with E-state index in [9.17, 15) is 4.79 Å².